The van der Waals surface area contributed by atoms with Gasteiger partial charge in [-0.1, -0.05) is 6.07 Å². The van der Waals surface area contributed by atoms with Gasteiger partial charge in [0, 0.05) is 23.1 Å². The normalized spacial score (nSPS) is 12.0. The molecule has 0 saturated heterocycles. The van der Waals surface area contributed by atoms with Crippen LogP contribution in [-0.2, 0) is 12.3 Å². The Kier molecular flexibility index (Phi) is 7.11. The molecule has 1 atom stereocenters. The zero-order valence-corrected chi connectivity index (χ0v) is 20.4. The lowest BCUT2D eigenvalue weighted by molar-refractivity contribution is -0.254. The van der Waals surface area contributed by atoms with Crippen LogP contribution in [0.4, 0.5) is 11.8 Å². The molecule has 182 valence electrons. The van der Waals surface area contributed by atoms with E-state index in [-0.39, 0.29) is 10.8 Å². The molecule has 0 aliphatic rings. The molecular formula is C23H24N6O5S. The number of aromatic amines is 1. The van der Waals surface area contributed by atoms with Gasteiger partial charge in [0.15, 0.2) is 23.7 Å². The number of hydrogen-bond donors (Lipinski definition) is 2. The van der Waals surface area contributed by atoms with Crippen LogP contribution >= 0.6 is 10.5 Å². The van der Waals surface area contributed by atoms with Crippen LogP contribution in [0.2, 0.25) is 0 Å². The van der Waals surface area contributed by atoms with Crippen molar-refractivity contribution in [2.75, 3.05) is 19.5 Å². The molecule has 0 aliphatic carbocycles. The predicted molar refractivity (Wildman–Crippen MR) is 128 cm³/mol. The average Bonchev–Trinajstić information content (AvgIpc) is 3.50. The second kappa shape index (κ2) is 10.4. The fraction of sp³-hybridized carbons (Fsp3) is 0.261. The minimum atomic E-state index is -1.21. The highest BCUT2D eigenvalue weighted by atomic mass is 32.2. The van der Waals surface area contributed by atoms with E-state index in [1.165, 1.54) is 6.39 Å². The number of ether oxygens (including phenoxy) is 2. The second-order valence-corrected chi connectivity index (χ2v) is 9.46. The minimum Gasteiger partial charge on any atom is -0.540 e. The van der Waals surface area contributed by atoms with Crippen molar-refractivity contribution in [1.82, 2.24) is 19.9 Å². The summed E-state index contributed by atoms with van der Waals surface area (Å²) < 4.78 is 16.1. The van der Waals surface area contributed by atoms with Gasteiger partial charge in [-0.05, 0) is 31.5 Å². The van der Waals surface area contributed by atoms with Crippen molar-refractivity contribution in [3.63, 3.8) is 0 Å². The molecule has 3 heterocycles. The molecule has 0 spiro atoms. The molecule has 0 amide bonds. The fourth-order valence-electron chi connectivity index (χ4n) is 3.50. The highest BCUT2D eigenvalue weighted by Crippen LogP contribution is 2.28. The van der Waals surface area contributed by atoms with Gasteiger partial charge in [-0.15, -0.1) is 4.99 Å². The molecular weight excluding hydrogens is 472 g/mol. The number of hydrogen-bond acceptors (Lipinski definition) is 10. The molecule has 0 aliphatic heterocycles. The summed E-state index contributed by atoms with van der Waals surface area (Å²) in [7, 11) is 2.40. The number of nitrogens with zero attached hydrogens (tertiary/aromatic N) is 4. The first kappa shape index (κ1) is 24.0. The number of carboxylic acid groups (broad SMARTS) is 1. The molecule has 0 saturated carbocycles. The van der Waals surface area contributed by atoms with Gasteiger partial charge in [-0.25, -0.2) is 9.97 Å². The number of methoxy groups -OCH3 is 2. The molecule has 1 aromatic carbocycles. The Balaban J connectivity index is 1.72. The highest BCUT2D eigenvalue weighted by Gasteiger charge is 2.22. The number of oxazole rings is 1. The third kappa shape index (κ3) is 5.17. The number of carbonyl (C=O) groups is 1. The largest absolute Gasteiger partial charge is 0.540 e. The summed E-state index contributed by atoms with van der Waals surface area (Å²) in [4.78, 5) is 32.9. The van der Waals surface area contributed by atoms with Gasteiger partial charge in [0.25, 0.3) is 5.95 Å². The number of rotatable bonds is 9. The van der Waals surface area contributed by atoms with Crippen molar-refractivity contribution in [1.29, 1.82) is 0 Å². The van der Waals surface area contributed by atoms with Crippen molar-refractivity contribution < 1.29 is 23.8 Å². The van der Waals surface area contributed by atoms with Crippen molar-refractivity contribution >= 4 is 28.2 Å². The third-order valence-corrected chi connectivity index (χ3v) is 7.31. The molecule has 0 bridgehead atoms. The van der Waals surface area contributed by atoms with Crippen molar-refractivity contribution in [2.45, 2.75) is 26.1 Å². The SMILES string of the molecule is CC[s+]1c(C(=O)[O-])c(C)[nH]c1=Nc1nc(NCc2ccc(OC)c(OC)c2)cc(-c2cnco2)n1. The van der Waals surface area contributed by atoms with E-state index in [1.807, 2.05) is 25.1 Å². The molecule has 3 aromatic heterocycles. The number of aryl methyl sites for hydroxylation is 1. The van der Waals surface area contributed by atoms with E-state index in [4.69, 9.17) is 13.9 Å². The van der Waals surface area contributed by atoms with Crippen LogP contribution in [0.1, 0.15) is 27.9 Å². The van der Waals surface area contributed by atoms with Crippen molar-refractivity contribution in [3.8, 4) is 23.0 Å². The summed E-state index contributed by atoms with van der Waals surface area (Å²) in [5, 5.41) is 14.9. The maximum Gasteiger partial charge on any atom is 0.348 e. The quantitative estimate of drug-likeness (QED) is 0.333. The minimum absolute atomic E-state index is 0.148. The Morgan fingerprint density at radius 1 is 1.23 bits per heavy atom. The number of benzene rings is 1. The number of aromatic carboxylic acids is 1. The maximum atomic E-state index is 11.6. The lowest BCUT2D eigenvalue weighted by Gasteiger charge is -2.11. The number of thiazole rings is 1. The molecule has 2 N–H and O–H groups in total. The smallest absolute Gasteiger partial charge is 0.348 e. The molecule has 12 heteroatoms. The molecule has 1 unspecified atom stereocenters. The number of aromatic nitrogens is 4. The molecule has 4 aromatic rings. The first-order valence-electron chi connectivity index (χ1n) is 10.6. The topological polar surface area (TPSA) is 151 Å². The van der Waals surface area contributed by atoms with Gasteiger partial charge >= 0.3 is 4.80 Å². The van der Waals surface area contributed by atoms with Crippen LogP contribution in [0.3, 0.4) is 0 Å². The average molecular weight is 497 g/mol. The van der Waals surface area contributed by atoms with Gasteiger partial charge in [0.05, 0.1) is 26.1 Å². The number of nitrogens with one attached hydrogen (secondary N) is 2. The van der Waals surface area contributed by atoms with Gasteiger partial charge in [0.1, 0.15) is 23.2 Å². The van der Waals surface area contributed by atoms with Crippen LogP contribution in [-0.4, -0.2) is 40.1 Å². The first-order valence-corrected chi connectivity index (χ1v) is 12.0. The molecule has 0 fully saturated rings. The van der Waals surface area contributed by atoms with Crippen LogP contribution in [0, 0.1) is 6.92 Å². The maximum absolute atomic E-state index is 11.6. The Morgan fingerprint density at radius 3 is 2.69 bits per heavy atom. The van der Waals surface area contributed by atoms with E-state index in [0.717, 1.165) is 5.56 Å². The fourth-order valence-corrected chi connectivity index (χ4v) is 5.34. The van der Waals surface area contributed by atoms with Crippen LogP contribution in [0.5, 0.6) is 11.5 Å². The molecule has 4 rings (SSSR count). The standard InChI is InChI=1S/C23H24N6O5S/c1-5-35-20(21(30)31)13(2)26-23(35)29-22-27-15(18-11-24-12-34-18)9-19(28-22)25-10-14-6-7-16(32-3)17(8-14)33-4/h6-9,11-12H,5,10H2,1-4H3,(H2-,25,26,27,28,29,30,31). The van der Waals surface area contributed by atoms with E-state index in [9.17, 15) is 9.90 Å². The molecule has 35 heavy (non-hydrogen) atoms. The van der Waals surface area contributed by atoms with E-state index >= 15 is 0 Å². The molecule has 0 radical (unpaired) electrons. The summed E-state index contributed by atoms with van der Waals surface area (Å²) in [6.07, 6.45) is 2.86. The van der Waals surface area contributed by atoms with Gasteiger partial charge in [-0.3, -0.25) is 4.98 Å². The van der Waals surface area contributed by atoms with Crippen LogP contribution in [0.15, 0.2) is 46.3 Å². The lowest BCUT2D eigenvalue weighted by atomic mass is 10.2. The Hall–Kier alpha value is -4.19. The monoisotopic (exact) mass is 496 g/mol. The van der Waals surface area contributed by atoms with E-state index in [1.54, 1.807) is 33.4 Å². The van der Waals surface area contributed by atoms with E-state index in [2.05, 4.69) is 30.2 Å². The van der Waals surface area contributed by atoms with Crippen LogP contribution < -0.4 is 24.7 Å². The zero-order valence-electron chi connectivity index (χ0n) is 19.6. The van der Waals surface area contributed by atoms with Gasteiger partial charge in [0.2, 0.25) is 4.88 Å². The number of carboxylic acids is 1. The number of anilines is 1. The Morgan fingerprint density at radius 2 is 2.03 bits per heavy atom. The lowest BCUT2D eigenvalue weighted by Crippen LogP contribution is -2.22. The number of carbonyl (C=O) groups excluding carboxylic acids is 1. The van der Waals surface area contributed by atoms with Gasteiger partial charge in [-0.2, -0.15) is 4.98 Å². The summed E-state index contributed by atoms with van der Waals surface area (Å²) in [6, 6.07) is 7.34. The predicted octanol–water partition coefficient (Wildman–Crippen LogP) is 2.76. The Bertz CT molecular complexity index is 1410. The Labute approximate surface area is 203 Å². The van der Waals surface area contributed by atoms with Crippen molar-refractivity contribution in [3.05, 3.63) is 57.8 Å². The van der Waals surface area contributed by atoms with Gasteiger partial charge < -0.3 is 29.1 Å². The summed E-state index contributed by atoms with van der Waals surface area (Å²) in [6.45, 7) is 4.02. The second-order valence-electron chi connectivity index (χ2n) is 7.31. The number of H-pyrrole nitrogens is 1. The first-order chi connectivity index (χ1) is 16.9. The highest BCUT2D eigenvalue weighted by molar-refractivity contribution is 7.30. The van der Waals surface area contributed by atoms with Crippen molar-refractivity contribution in [2.24, 2.45) is 4.99 Å². The summed E-state index contributed by atoms with van der Waals surface area (Å²) in [5.74, 6) is 1.70. The third-order valence-electron chi connectivity index (χ3n) is 5.11. The van der Waals surface area contributed by atoms with E-state index in [0.29, 0.717) is 51.6 Å². The van der Waals surface area contributed by atoms with Crippen LogP contribution in [0.25, 0.3) is 11.5 Å². The van der Waals surface area contributed by atoms with E-state index < -0.39 is 16.4 Å². The molecule has 11 nitrogen and oxygen atoms in total. The summed E-state index contributed by atoms with van der Waals surface area (Å²) >= 11 is 0. The summed E-state index contributed by atoms with van der Waals surface area (Å²) in [5.41, 5.74) is 1.93. The zero-order chi connectivity index (χ0) is 24.9.